The standard InChI is InChI=1S/C24H29N5O/c1-18-14-19(2)29(27-18)15-20-8-10-21(11-9-20)24(30)26-23-7-5-13-28(17-23)16-22-6-3-4-12-25-22/h3-4,6,8-12,14,23H,5,7,13,15-17H2,1-2H3,(H,26,30). The van der Waals surface area contributed by atoms with Gasteiger partial charge in [0.2, 0.25) is 0 Å². The fraction of sp³-hybridized carbons (Fsp3) is 0.375. The molecular formula is C24H29N5O. The molecule has 1 unspecified atom stereocenters. The summed E-state index contributed by atoms with van der Waals surface area (Å²) in [5.41, 5.74) is 5.07. The maximum atomic E-state index is 12.7. The number of nitrogens with zero attached hydrogens (tertiary/aromatic N) is 4. The Morgan fingerprint density at radius 3 is 2.67 bits per heavy atom. The van der Waals surface area contributed by atoms with Crippen LogP contribution in [-0.2, 0) is 13.1 Å². The minimum atomic E-state index is -0.00245. The molecule has 4 rings (SSSR count). The van der Waals surface area contributed by atoms with E-state index in [1.165, 1.54) is 0 Å². The molecule has 0 saturated carbocycles. The van der Waals surface area contributed by atoms with E-state index in [-0.39, 0.29) is 11.9 Å². The summed E-state index contributed by atoms with van der Waals surface area (Å²) in [5, 5.41) is 7.72. The average molecular weight is 404 g/mol. The lowest BCUT2D eigenvalue weighted by atomic mass is 10.0. The van der Waals surface area contributed by atoms with Crippen LogP contribution in [0.5, 0.6) is 0 Å². The molecule has 6 nitrogen and oxygen atoms in total. The lowest BCUT2D eigenvalue weighted by Gasteiger charge is -2.32. The van der Waals surface area contributed by atoms with Crippen molar-refractivity contribution in [2.24, 2.45) is 0 Å². The first-order valence-corrected chi connectivity index (χ1v) is 10.6. The van der Waals surface area contributed by atoms with Crippen LogP contribution in [0, 0.1) is 13.8 Å². The molecule has 1 aliphatic heterocycles. The van der Waals surface area contributed by atoms with Crippen LogP contribution in [-0.4, -0.2) is 44.7 Å². The average Bonchev–Trinajstić information content (AvgIpc) is 3.06. The van der Waals surface area contributed by atoms with Crippen molar-refractivity contribution in [3.63, 3.8) is 0 Å². The van der Waals surface area contributed by atoms with Crippen molar-refractivity contribution in [2.45, 2.75) is 45.8 Å². The number of carbonyl (C=O) groups excluding carboxylic acids is 1. The minimum absolute atomic E-state index is 0.00245. The van der Waals surface area contributed by atoms with Crippen LogP contribution >= 0.6 is 0 Å². The zero-order valence-electron chi connectivity index (χ0n) is 17.7. The molecule has 30 heavy (non-hydrogen) atoms. The van der Waals surface area contributed by atoms with E-state index in [1.54, 1.807) is 0 Å². The van der Waals surface area contributed by atoms with Crippen molar-refractivity contribution in [1.29, 1.82) is 0 Å². The molecule has 3 heterocycles. The predicted octanol–water partition coefficient (Wildman–Crippen LogP) is 3.34. The Morgan fingerprint density at radius 2 is 1.97 bits per heavy atom. The van der Waals surface area contributed by atoms with Gasteiger partial charge in [0.15, 0.2) is 0 Å². The smallest absolute Gasteiger partial charge is 0.251 e. The molecule has 156 valence electrons. The Labute approximate surface area is 177 Å². The highest BCUT2D eigenvalue weighted by molar-refractivity contribution is 5.94. The third-order valence-corrected chi connectivity index (χ3v) is 5.60. The molecule has 1 N–H and O–H groups in total. The number of nitrogens with one attached hydrogen (secondary N) is 1. The molecule has 1 aliphatic rings. The normalized spacial score (nSPS) is 17.1. The second-order valence-corrected chi connectivity index (χ2v) is 8.15. The number of amides is 1. The van der Waals surface area contributed by atoms with Crippen molar-refractivity contribution in [3.8, 4) is 0 Å². The number of likely N-dealkylation sites (tertiary alicyclic amines) is 1. The quantitative estimate of drug-likeness (QED) is 0.686. The van der Waals surface area contributed by atoms with E-state index < -0.39 is 0 Å². The SMILES string of the molecule is Cc1cc(C)n(Cc2ccc(C(=O)NC3CCCN(Cc4ccccn4)C3)cc2)n1. The van der Waals surface area contributed by atoms with E-state index in [9.17, 15) is 4.79 Å². The predicted molar refractivity (Wildman–Crippen MR) is 117 cm³/mol. The van der Waals surface area contributed by atoms with Crippen molar-refractivity contribution >= 4 is 5.91 Å². The number of aryl methyl sites for hydroxylation is 2. The van der Waals surface area contributed by atoms with Crippen molar-refractivity contribution in [2.75, 3.05) is 13.1 Å². The second-order valence-electron chi connectivity index (χ2n) is 8.15. The zero-order chi connectivity index (χ0) is 20.9. The fourth-order valence-electron chi connectivity index (χ4n) is 4.08. The van der Waals surface area contributed by atoms with Crippen LogP contribution in [0.3, 0.4) is 0 Å². The molecule has 1 atom stereocenters. The summed E-state index contributed by atoms with van der Waals surface area (Å²) in [7, 11) is 0. The number of carbonyl (C=O) groups is 1. The Balaban J connectivity index is 1.32. The summed E-state index contributed by atoms with van der Waals surface area (Å²) >= 11 is 0. The summed E-state index contributed by atoms with van der Waals surface area (Å²) in [6.45, 7) is 7.51. The van der Waals surface area contributed by atoms with Crippen LogP contribution in [0.25, 0.3) is 0 Å². The maximum absolute atomic E-state index is 12.7. The molecule has 2 aromatic heterocycles. The number of hydrogen-bond acceptors (Lipinski definition) is 4. The third kappa shape index (κ3) is 5.13. The molecule has 1 amide bonds. The molecular weight excluding hydrogens is 374 g/mol. The highest BCUT2D eigenvalue weighted by atomic mass is 16.1. The number of hydrogen-bond donors (Lipinski definition) is 1. The Morgan fingerprint density at radius 1 is 1.13 bits per heavy atom. The van der Waals surface area contributed by atoms with E-state index in [0.717, 1.165) is 55.1 Å². The van der Waals surface area contributed by atoms with Crippen LogP contribution in [0.1, 0.15) is 45.8 Å². The van der Waals surface area contributed by atoms with Crippen LogP contribution in [0.2, 0.25) is 0 Å². The molecule has 0 bridgehead atoms. The topological polar surface area (TPSA) is 63.1 Å². The lowest BCUT2D eigenvalue weighted by molar-refractivity contribution is 0.0900. The number of rotatable bonds is 6. The molecule has 0 aliphatic carbocycles. The van der Waals surface area contributed by atoms with Crippen molar-refractivity contribution in [3.05, 3.63) is 82.9 Å². The van der Waals surface area contributed by atoms with Gasteiger partial charge in [-0.3, -0.25) is 19.4 Å². The number of benzene rings is 1. The van der Waals surface area contributed by atoms with Gasteiger partial charge in [0.25, 0.3) is 5.91 Å². The van der Waals surface area contributed by atoms with E-state index in [4.69, 9.17) is 0 Å². The van der Waals surface area contributed by atoms with E-state index in [1.807, 2.05) is 54.2 Å². The first-order valence-electron chi connectivity index (χ1n) is 10.6. The third-order valence-electron chi connectivity index (χ3n) is 5.60. The highest BCUT2D eigenvalue weighted by Gasteiger charge is 2.22. The van der Waals surface area contributed by atoms with Crippen LogP contribution in [0.4, 0.5) is 0 Å². The Kier molecular flexibility index (Phi) is 6.23. The van der Waals surface area contributed by atoms with Gasteiger partial charge in [0.05, 0.1) is 17.9 Å². The highest BCUT2D eigenvalue weighted by Crippen LogP contribution is 2.14. The summed E-state index contributed by atoms with van der Waals surface area (Å²) in [6.07, 6.45) is 3.93. The van der Waals surface area contributed by atoms with Crippen LogP contribution < -0.4 is 5.32 Å². The van der Waals surface area contributed by atoms with Gasteiger partial charge in [-0.2, -0.15) is 5.10 Å². The minimum Gasteiger partial charge on any atom is -0.348 e. The van der Waals surface area contributed by atoms with E-state index in [0.29, 0.717) is 12.1 Å². The van der Waals surface area contributed by atoms with Gasteiger partial charge in [-0.1, -0.05) is 18.2 Å². The van der Waals surface area contributed by atoms with E-state index in [2.05, 4.69) is 39.4 Å². The maximum Gasteiger partial charge on any atom is 0.251 e. The van der Waals surface area contributed by atoms with Gasteiger partial charge >= 0.3 is 0 Å². The Hall–Kier alpha value is -2.99. The Bertz CT molecular complexity index is 981. The zero-order valence-corrected chi connectivity index (χ0v) is 17.7. The first-order chi connectivity index (χ1) is 14.6. The van der Waals surface area contributed by atoms with E-state index >= 15 is 0 Å². The van der Waals surface area contributed by atoms with Crippen molar-refractivity contribution < 1.29 is 4.79 Å². The van der Waals surface area contributed by atoms with Crippen LogP contribution in [0.15, 0.2) is 54.7 Å². The monoisotopic (exact) mass is 403 g/mol. The van der Waals surface area contributed by atoms with Gasteiger partial charge in [-0.05, 0) is 69.1 Å². The summed E-state index contributed by atoms with van der Waals surface area (Å²) < 4.78 is 1.99. The molecule has 1 saturated heterocycles. The first kappa shape index (κ1) is 20.3. The molecule has 6 heteroatoms. The molecule has 3 aromatic rings. The summed E-state index contributed by atoms with van der Waals surface area (Å²) in [6, 6.07) is 16.1. The number of pyridine rings is 1. The molecule has 1 aromatic carbocycles. The second kappa shape index (κ2) is 9.22. The molecule has 1 fully saturated rings. The number of aromatic nitrogens is 3. The molecule has 0 spiro atoms. The van der Waals surface area contributed by atoms with Gasteiger partial charge < -0.3 is 5.32 Å². The summed E-state index contributed by atoms with van der Waals surface area (Å²) in [5.74, 6) is -0.00245. The molecule has 0 radical (unpaired) electrons. The number of piperidine rings is 1. The van der Waals surface area contributed by atoms with Gasteiger partial charge in [0.1, 0.15) is 0 Å². The lowest BCUT2D eigenvalue weighted by Crippen LogP contribution is -2.47. The van der Waals surface area contributed by atoms with Gasteiger partial charge in [0, 0.05) is 36.6 Å². The summed E-state index contributed by atoms with van der Waals surface area (Å²) in [4.78, 5) is 19.5. The fourth-order valence-corrected chi connectivity index (χ4v) is 4.08. The van der Waals surface area contributed by atoms with Crippen molar-refractivity contribution in [1.82, 2.24) is 25.0 Å². The largest absolute Gasteiger partial charge is 0.348 e. The van der Waals surface area contributed by atoms with Gasteiger partial charge in [-0.25, -0.2) is 0 Å². The van der Waals surface area contributed by atoms with Gasteiger partial charge in [-0.15, -0.1) is 0 Å².